The lowest BCUT2D eigenvalue weighted by molar-refractivity contribution is 0.101. The molecule has 18 heteroatoms. The van der Waals surface area contributed by atoms with Gasteiger partial charge in [0.25, 0.3) is 23.6 Å². The monoisotopic (exact) mass is 818 g/mol. The lowest BCUT2D eigenvalue weighted by Crippen LogP contribution is -2.16. The van der Waals surface area contributed by atoms with Crippen LogP contribution in [0, 0.1) is 43.0 Å². The Hall–Kier alpha value is -7.50. The van der Waals surface area contributed by atoms with Crippen molar-refractivity contribution in [2.75, 3.05) is 10.6 Å². The minimum absolute atomic E-state index is 0.0445. The van der Waals surface area contributed by atoms with Gasteiger partial charge in [-0.1, -0.05) is 23.7 Å². The topological polar surface area (TPSA) is 179 Å². The summed E-state index contributed by atoms with van der Waals surface area (Å²) in [6.07, 6.45) is 10.4. The molecule has 14 nitrogen and oxygen atoms in total. The maximum Gasteiger partial charge on any atom is 0.284 e. The molecule has 1 aliphatic carbocycles. The van der Waals surface area contributed by atoms with Gasteiger partial charge in [-0.3, -0.25) is 19.6 Å². The maximum atomic E-state index is 15.1. The van der Waals surface area contributed by atoms with Crippen LogP contribution in [-0.4, -0.2) is 53.1 Å². The molecule has 0 radical (unpaired) electrons. The number of aromatic nitrogens is 6. The highest BCUT2D eigenvalue weighted by Gasteiger charge is 2.45. The van der Waals surface area contributed by atoms with E-state index in [4.69, 9.17) is 9.68 Å². The third kappa shape index (κ3) is 9.28. The zero-order valence-electron chi connectivity index (χ0n) is 32.2. The third-order valence-corrected chi connectivity index (χ3v) is 9.48. The fourth-order valence-electron chi connectivity index (χ4n) is 6.06. The summed E-state index contributed by atoms with van der Waals surface area (Å²) in [5.74, 6) is -4.93. The first kappa shape index (κ1) is 40.7. The summed E-state index contributed by atoms with van der Waals surface area (Å²) in [7, 11) is 0. The first-order valence-electron chi connectivity index (χ1n) is 18.5. The second-order valence-electron chi connectivity index (χ2n) is 13.6. The third-order valence-electron chi connectivity index (χ3n) is 9.48. The summed E-state index contributed by atoms with van der Waals surface area (Å²) in [6, 6.07) is 11.6. The van der Waals surface area contributed by atoms with Crippen molar-refractivity contribution in [1.29, 1.82) is 0 Å². The van der Waals surface area contributed by atoms with E-state index in [9.17, 15) is 22.8 Å². The molecule has 1 fully saturated rings. The molecule has 2 N–H and O–H groups in total. The van der Waals surface area contributed by atoms with Crippen molar-refractivity contribution in [3.05, 3.63) is 154 Å². The summed E-state index contributed by atoms with van der Waals surface area (Å²) >= 11 is 0. The molecule has 6 aromatic heterocycles. The molecule has 0 spiro atoms. The first-order chi connectivity index (χ1) is 29.0. The van der Waals surface area contributed by atoms with Crippen LogP contribution in [0.2, 0.25) is 0 Å². The normalized spacial score (nSPS) is 15.0. The van der Waals surface area contributed by atoms with Gasteiger partial charge in [0.05, 0.1) is 34.9 Å². The summed E-state index contributed by atoms with van der Waals surface area (Å²) in [5.41, 5.74) is 2.66. The lowest BCUT2D eigenvalue weighted by atomic mass is 10.1. The number of anilines is 2. The number of amides is 2. The van der Waals surface area contributed by atoms with Crippen molar-refractivity contribution in [2.24, 2.45) is 16.2 Å². The Bertz CT molecular complexity index is 2630. The minimum atomic E-state index is -0.761. The molecule has 0 bridgehead atoms. The lowest BCUT2D eigenvalue weighted by Gasteiger charge is -2.10. The Kier molecular flexibility index (Phi) is 12.2. The van der Waals surface area contributed by atoms with Crippen LogP contribution < -0.4 is 20.3 Å². The summed E-state index contributed by atoms with van der Waals surface area (Å²) in [5, 5.41) is 13.7. The highest BCUT2D eigenvalue weighted by Crippen LogP contribution is 2.49. The Labute approximate surface area is 339 Å². The van der Waals surface area contributed by atoms with Crippen molar-refractivity contribution in [3.63, 3.8) is 0 Å². The number of carbonyl (C=O) groups excluding carboxylic acids is 2. The average molecular weight is 819 g/mol. The number of hydrogen-bond acceptors (Lipinski definition) is 12. The number of nitrogens with one attached hydrogen (secondary N) is 2. The predicted molar refractivity (Wildman–Crippen MR) is 211 cm³/mol. The molecule has 2 unspecified atom stereocenters. The maximum absolute atomic E-state index is 15.1. The molecule has 6 aromatic rings. The van der Waals surface area contributed by atoms with Gasteiger partial charge >= 0.3 is 0 Å². The number of halogens is 4. The van der Waals surface area contributed by atoms with E-state index >= 15 is 4.39 Å². The fourth-order valence-corrected chi connectivity index (χ4v) is 6.06. The SMILES string of the molecule is CCCC(=NOc1nc(C2CC2C(=NOc2ncccc2F)c2ccc(NC(=O)c3cncc(F)c3C)nc2)ccc1F)c1ccc(NC(=O)c2cncc(F)c2C)nc1. The van der Waals surface area contributed by atoms with Crippen molar-refractivity contribution in [2.45, 2.75) is 46.0 Å². The second kappa shape index (κ2) is 18.0. The smallest absolute Gasteiger partial charge is 0.284 e. The van der Waals surface area contributed by atoms with Gasteiger partial charge in [0.1, 0.15) is 23.3 Å². The van der Waals surface area contributed by atoms with E-state index in [0.717, 1.165) is 12.4 Å². The van der Waals surface area contributed by atoms with E-state index in [-0.39, 0.29) is 57.5 Å². The number of carbonyl (C=O) groups is 2. The summed E-state index contributed by atoms with van der Waals surface area (Å²) in [4.78, 5) is 61.0. The van der Waals surface area contributed by atoms with E-state index in [2.05, 4.69) is 50.8 Å². The number of nitrogens with zero attached hydrogens (tertiary/aromatic N) is 8. The summed E-state index contributed by atoms with van der Waals surface area (Å²) < 4.78 is 57.5. The Morgan fingerprint density at radius 3 is 1.88 bits per heavy atom. The van der Waals surface area contributed by atoms with E-state index in [1.54, 1.807) is 18.2 Å². The molecular formula is C42H34F4N10O4. The van der Waals surface area contributed by atoms with E-state index in [1.807, 2.05) is 6.92 Å². The minimum Gasteiger partial charge on any atom is -0.333 e. The molecule has 2 atom stereocenters. The molecule has 2 amide bonds. The van der Waals surface area contributed by atoms with E-state index < -0.39 is 35.1 Å². The highest BCUT2D eigenvalue weighted by molar-refractivity contribution is 6.06. The fraction of sp³-hybridized carbons (Fsp3) is 0.190. The molecular weight excluding hydrogens is 785 g/mol. The molecule has 60 heavy (non-hydrogen) atoms. The van der Waals surface area contributed by atoms with E-state index in [0.29, 0.717) is 47.5 Å². The average Bonchev–Trinajstić information content (AvgIpc) is 4.04. The van der Waals surface area contributed by atoms with Gasteiger partial charge < -0.3 is 20.3 Å². The number of pyridine rings is 6. The van der Waals surface area contributed by atoms with Gasteiger partial charge in [0.15, 0.2) is 11.6 Å². The Morgan fingerprint density at radius 2 is 1.30 bits per heavy atom. The van der Waals surface area contributed by atoms with Crippen LogP contribution in [0.15, 0.2) is 102 Å². The number of rotatable bonds is 14. The van der Waals surface area contributed by atoms with Crippen LogP contribution in [-0.2, 0) is 0 Å². The Balaban J connectivity index is 1.08. The zero-order valence-corrected chi connectivity index (χ0v) is 32.2. The molecule has 6 heterocycles. The molecule has 304 valence electrons. The quantitative estimate of drug-likeness (QED) is 0.0624. The molecule has 0 aliphatic heterocycles. The molecule has 7 rings (SSSR count). The van der Waals surface area contributed by atoms with Crippen molar-refractivity contribution in [3.8, 4) is 11.8 Å². The molecule has 0 aromatic carbocycles. The van der Waals surface area contributed by atoms with E-state index in [1.165, 1.54) is 75.2 Å². The van der Waals surface area contributed by atoms with Gasteiger partial charge in [0.2, 0.25) is 0 Å². The highest BCUT2D eigenvalue weighted by atomic mass is 19.1. The van der Waals surface area contributed by atoms with Crippen LogP contribution in [0.4, 0.5) is 29.2 Å². The van der Waals surface area contributed by atoms with Crippen molar-refractivity contribution >= 4 is 34.9 Å². The van der Waals surface area contributed by atoms with Gasteiger partial charge in [-0.2, -0.15) is 0 Å². The van der Waals surface area contributed by atoms with Crippen LogP contribution in [0.1, 0.15) is 80.8 Å². The van der Waals surface area contributed by atoms with Crippen LogP contribution >= 0.6 is 0 Å². The van der Waals surface area contributed by atoms with Gasteiger partial charge in [-0.05, 0) is 75.2 Å². The predicted octanol–water partition coefficient (Wildman–Crippen LogP) is 7.90. The van der Waals surface area contributed by atoms with Gasteiger partial charge in [-0.15, -0.1) is 0 Å². The largest absolute Gasteiger partial charge is 0.333 e. The van der Waals surface area contributed by atoms with Crippen LogP contribution in [0.25, 0.3) is 0 Å². The molecule has 1 saturated carbocycles. The van der Waals surface area contributed by atoms with Gasteiger partial charge in [-0.25, -0.2) is 37.5 Å². The molecule has 0 saturated heterocycles. The van der Waals surface area contributed by atoms with Crippen molar-refractivity contribution in [1.82, 2.24) is 29.9 Å². The number of oxime groups is 2. The second-order valence-corrected chi connectivity index (χ2v) is 13.6. The zero-order chi connectivity index (χ0) is 42.3. The van der Waals surface area contributed by atoms with Crippen LogP contribution in [0.3, 0.4) is 0 Å². The van der Waals surface area contributed by atoms with Gasteiger partial charge in [0, 0.05) is 70.8 Å². The summed E-state index contributed by atoms with van der Waals surface area (Å²) in [6.45, 7) is 4.86. The number of hydrogen-bond donors (Lipinski definition) is 2. The van der Waals surface area contributed by atoms with Crippen molar-refractivity contribution < 1.29 is 36.8 Å². The standard InChI is InChI=1S/C42H34F4N10O4/c1-4-6-34(24-8-12-36(50-16-24)53-39(57)28-18-47-20-32(45)22(28)2)55-60-42-31(44)10-11-35(52-42)26-15-27(26)38(56-59-41-30(43)7-5-14-49-41)25-9-13-37(51-17-25)54-40(58)29-19-48-21-33(46)23(29)3/h5,7-14,16-21,26-27H,4,6,15H2,1-3H3,(H,50,53,57)(H,51,54,58). The van der Waals surface area contributed by atoms with Crippen LogP contribution in [0.5, 0.6) is 11.8 Å². The molecule has 1 aliphatic rings. The first-order valence-corrected chi connectivity index (χ1v) is 18.5. The Morgan fingerprint density at radius 1 is 0.700 bits per heavy atom.